The summed E-state index contributed by atoms with van der Waals surface area (Å²) in [6.07, 6.45) is 1.01. The third-order valence-electron chi connectivity index (χ3n) is 3.14. The van der Waals surface area contributed by atoms with Crippen molar-refractivity contribution in [3.8, 4) is 0 Å². The third kappa shape index (κ3) is 2.69. The lowest BCUT2D eigenvalue weighted by Gasteiger charge is -2.35. The van der Waals surface area contributed by atoms with Gasteiger partial charge in [0, 0.05) is 0 Å². The summed E-state index contributed by atoms with van der Waals surface area (Å²) >= 11 is 0. The average molecular weight is 187 g/mol. The van der Waals surface area contributed by atoms with Gasteiger partial charge in [0.25, 0.3) is 0 Å². The van der Waals surface area contributed by atoms with E-state index in [1.54, 1.807) is 0 Å². The van der Waals surface area contributed by atoms with Crippen molar-refractivity contribution in [2.24, 2.45) is 17.1 Å². The zero-order valence-corrected chi connectivity index (χ0v) is 9.26. The van der Waals surface area contributed by atoms with Gasteiger partial charge in [-0.05, 0) is 11.3 Å². The van der Waals surface area contributed by atoms with Gasteiger partial charge in [0.05, 0.1) is 7.11 Å². The van der Waals surface area contributed by atoms with Crippen LogP contribution >= 0.6 is 0 Å². The number of hydrogen-bond donors (Lipinski definition) is 1. The van der Waals surface area contributed by atoms with E-state index in [1.165, 1.54) is 7.11 Å². The molecule has 0 radical (unpaired) electrons. The molecule has 0 heterocycles. The van der Waals surface area contributed by atoms with Crippen molar-refractivity contribution in [2.75, 3.05) is 7.11 Å². The van der Waals surface area contributed by atoms with E-state index in [9.17, 15) is 4.79 Å². The van der Waals surface area contributed by atoms with Crippen LogP contribution in [0.5, 0.6) is 0 Å². The number of ether oxygens (including phenoxy) is 1. The van der Waals surface area contributed by atoms with Gasteiger partial charge in [0.2, 0.25) is 0 Å². The van der Waals surface area contributed by atoms with E-state index in [0.29, 0.717) is 5.92 Å². The number of carbonyl (C=O) groups is 1. The predicted molar refractivity (Wildman–Crippen MR) is 53.2 cm³/mol. The molecule has 0 aliphatic heterocycles. The fourth-order valence-electron chi connectivity index (χ4n) is 1.26. The van der Waals surface area contributed by atoms with E-state index < -0.39 is 6.04 Å². The van der Waals surface area contributed by atoms with Crippen LogP contribution in [0.25, 0.3) is 0 Å². The molecule has 0 bridgehead atoms. The molecule has 0 saturated carbocycles. The normalized spacial score (nSPS) is 16.5. The van der Waals surface area contributed by atoms with Crippen molar-refractivity contribution in [2.45, 2.75) is 40.2 Å². The Hall–Kier alpha value is -0.570. The zero-order chi connectivity index (χ0) is 10.6. The van der Waals surface area contributed by atoms with Gasteiger partial charge in [0.1, 0.15) is 6.04 Å². The van der Waals surface area contributed by atoms with Crippen LogP contribution in [-0.4, -0.2) is 19.1 Å². The minimum Gasteiger partial charge on any atom is -0.468 e. The molecule has 0 aromatic heterocycles. The van der Waals surface area contributed by atoms with Crippen molar-refractivity contribution < 1.29 is 9.53 Å². The molecule has 2 N–H and O–H groups in total. The highest BCUT2D eigenvalue weighted by Gasteiger charge is 2.36. The summed E-state index contributed by atoms with van der Waals surface area (Å²) < 4.78 is 4.63. The number of hydrogen-bond acceptors (Lipinski definition) is 3. The van der Waals surface area contributed by atoms with Crippen LogP contribution in [0.4, 0.5) is 0 Å². The third-order valence-corrected chi connectivity index (χ3v) is 3.14. The SMILES string of the molecule is CCC(C)C(C)(C)C(N)C(=O)OC. The van der Waals surface area contributed by atoms with Crippen molar-refractivity contribution in [3.63, 3.8) is 0 Å². The fourth-order valence-corrected chi connectivity index (χ4v) is 1.26. The Kier molecular flexibility index (Phi) is 4.40. The fraction of sp³-hybridized carbons (Fsp3) is 0.900. The molecule has 13 heavy (non-hydrogen) atoms. The monoisotopic (exact) mass is 187 g/mol. The molecular weight excluding hydrogens is 166 g/mol. The lowest BCUT2D eigenvalue weighted by molar-refractivity contribution is -0.146. The van der Waals surface area contributed by atoms with Gasteiger partial charge in [-0.1, -0.05) is 34.1 Å². The molecule has 0 saturated heterocycles. The second-order valence-electron chi connectivity index (χ2n) is 4.13. The molecule has 0 rings (SSSR count). The number of nitrogens with two attached hydrogens (primary N) is 1. The number of rotatable bonds is 4. The maximum absolute atomic E-state index is 11.2. The highest BCUT2D eigenvalue weighted by atomic mass is 16.5. The van der Waals surface area contributed by atoms with Crippen LogP contribution in [0.15, 0.2) is 0 Å². The predicted octanol–water partition coefficient (Wildman–Crippen LogP) is 1.56. The van der Waals surface area contributed by atoms with Gasteiger partial charge in [0.15, 0.2) is 0 Å². The summed E-state index contributed by atoms with van der Waals surface area (Å²) in [5.74, 6) is 0.0758. The second-order valence-corrected chi connectivity index (χ2v) is 4.13. The largest absolute Gasteiger partial charge is 0.468 e. The molecule has 0 spiro atoms. The quantitative estimate of drug-likeness (QED) is 0.679. The molecule has 78 valence electrons. The number of carbonyl (C=O) groups excluding carboxylic acids is 1. The lowest BCUT2D eigenvalue weighted by Crippen LogP contribution is -2.47. The van der Waals surface area contributed by atoms with Gasteiger partial charge in [-0.3, -0.25) is 4.79 Å². The van der Waals surface area contributed by atoms with Crippen molar-refractivity contribution in [1.82, 2.24) is 0 Å². The smallest absolute Gasteiger partial charge is 0.323 e. The minimum absolute atomic E-state index is 0.207. The first kappa shape index (κ1) is 12.4. The van der Waals surface area contributed by atoms with Crippen molar-refractivity contribution >= 4 is 5.97 Å². The number of esters is 1. The van der Waals surface area contributed by atoms with Gasteiger partial charge >= 0.3 is 5.97 Å². The summed E-state index contributed by atoms with van der Waals surface area (Å²) in [6.45, 7) is 8.20. The van der Waals surface area contributed by atoms with Gasteiger partial charge in [-0.2, -0.15) is 0 Å². The van der Waals surface area contributed by atoms with Gasteiger partial charge in [-0.15, -0.1) is 0 Å². The van der Waals surface area contributed by atoms with E-state index in [0.717, 1.165) is 6.42 Å². The maximum Gasteiger partial charge on any atom is 0.323 e. The molecular formula is C10H21NO2. The van der Waals surface area contributed by atoms with Crippen LogP contribution < -0.4 is 5.73 Å². The molecule has 0 fully saturated rings. The molecule has 3 heteroatoms. The van der Waals surface area contributed by atoms with E-state index in [4.69, 9.17) is 5.73 Å². The molecule has 2 unspecified atom stereocenters. The molecule has 0 amide bonds. The molecule has 0 aromatic carbocycles. The second kappa shape index (κ2) is 4.61. The molecule has 0 aromatic rings. The first-order chi connectivity index (χ1) is 5.87. The van der Waals surface area contributed by atoms with Crippen LogP contribution in [0, 0.1) is 11.3 Å². The lowest BCUT2D eigenvalue weighted by atomic mass is 9.73. The van der Waals surface area contributed by atoms with Crippen LogP contribution in [-0.2, 0) is 9.53 Å². The highest BCUT2D eigenvalue weighted by molar-refractivity contribution is 5.76. The average Bonchev–Trinajstić information content (AvgIpc) is 2.13. The topological polar surface area (TPSA) is 52.3 Å². The maximum atomic E-state index is 11.2. The van der Waals surface area contributed by atoms with Crippen molar-refractivity contribution in [1.29, 1.82) is 0 Å². The summed E-state index contributed by atoms with van der Waals surface area (Å²) in [6, 6.07) is -0.535. The molecule has 3 nitrogen and oxygen atoms in total. The first-order valence-corrected chi connectivity index (χ1v) is 4.71. The van der Waals surface area contributed by atoms with E-state index in [-0.39, 0.29) is 11.4 Å². The minimum atomic E-state index is -0.535. The standard InChI is InChI=1S/C10H21NO2/c1-6-7(2)10(3,4)8(11)9(12)13-5/h7-8H,6,11H2,1-5H3. The molecule has 0 aliphatic carbocycles. The highest BCUT2D eigenvalue weighted by Crippen LogP contribution is 2.32. The van der Waals surface area contributed by atoms with Crippen LogP contribution in [0.2, 0.25) is 0 Å². The Morgan fingerprint density at radius 2 is 2.00 bits per heavy atom. The Balaban J connectivity index is 4.52. The first-order valence-electron chi connectivity index (χ1n) is 4.71. The summed E-state index contributed by atoms with van der Waals surface area (Å²) in [4.78, 5) is 11.2. The Labute approximate surface area is 80.6 Å². The van der Waals surface area contributed by atoms with Gasteiger partial charge < -0.3 is 10.5 Å². The number of methoxy groups -OCH3 is 1. The van der Waals surface area contributed by atoms with Gasteiger partial charge in [-0.25, -0.2) is 0 Å². The Morgan fingerprint density at radius 1 is 1.54 bits per heavy atom. The Bertz CT molecular complexity index is 178. The zero-order valence-electron chi connectivity index (χ0n) is 9.26. The van der Waals surface area contributed by atoms with E-state index >= 15 is 0 Å². The Morgan fingerprint density at radius 3 is 2.31 bits per heavy atom. The summed E-state index contributed by atoms with van der Waals surface area (Å²) in [7, 11) is 1.37. The summed E-state index contributed by atoms with van der Waals surface area (Å²) in [5, 5.41) is 0. The summed E-state index contributed by atoms with van der Waals surface area (Å²) in [5.41, 5.74) is 5.60. The van der Waals surface area contributed by atoms with Crippen LogP contribution in [0.1, 0.15) is 34.1 Å². The molecule has 0 aliphatic rings. The molecule has 2 atom stereocenters. The van der Waals surface area contributed by atoms with E-state index in [1.807, 2.05) is 13.8 Å². The van der Waals surface area contributed by atoms with E-state index in [2.05, 4.69) is 18.6 Å². The van der Waals surface area contributed by atoms with Crippen molar-refractivity contribution in [3.05, 3.63) is 0 Å². The van der Waals surface area contributed by atoms with Crippen LogP contribution in [0.3, 0.4) is 0 Å².